The third-order valence-corrected chi connectivity index (χ3v) is 6.14. The van der Waals surface area contributed by atoms with Gasteiger partial charge in [-0.15, -0.1) is 0 Å². The van der Waals surface area contributed by atoms with Crippen LogP contribution >= 0.6 is 0 Å². The van der Waals surface area contributed by atoms with E-state index < -0.39 is 0 Å². The van der Waals surface area contributed by atoms with Crippen LogP contribution in [0.3, 0.4) is 0 Å². The van der Waals surface area contributed by atoms with Crippen LogP contribution in [0.4, 0.5) is 0 Å². The largest absolute Gasteiger partial charge is 0.464 e. The highest BCUT2D eigenvalue weighted by Crippen LogP contribution is 2.47. The van der Waals surface area contributed by atoms with Gasteiger partial charge in [0.05, 0.1) is 11.8 Å². The summed E-state index contributed by atoms with van der Waals surface area (Å²) in [5.74, 6) is 0.958. The Kier molecular flexibility index (Phi) is 3.88. The fourth-order valence-electron chi connectivity index (χ4n) is 4.53. The van der Waals surface area contributed by atoms with Crippen molar-refractivity contribution in [3.63, 3.8) is 0 Å². The highest BCUT2D eigenvalue weighted by Gasteiger charge is 2.40. The molecular weight excluding hydrogens is 368 g/mol. The second kappa shape index (κ2) is 6.74. The number of ether oxygens (including phenoxy) is 1. The van der Waals surface area contributed by atoms with E-state index >= 15 is 0 Å². The molecule has 2 heterocycles. The van der Waals surface area contributed by atoms with E-state index in [-0.39, 0.29) is 12.3 Å². The number of para-hydroxylation sites is 1. The van der Waals surface area contributed by atoms with Crippen molar-refractivity contribution in [1.29, 1.82) is 0 Å². The quantitative estimate of drug-likeness (QED) is 0.396. The van der Waals surface area contributed by atoms with Crippen LogP contribution in [-0.2, 0) is 0 Å². The number of rotatable bonds is 2. The number of hydrogen-bond donors (Lipinski definition) is 0. The van der Waals surface area contributed by atoms with E-state index in [9.17, 15) is 0 Å². The molecule has 0 saturated carbocycles. The Labute approximate surface area is 176 Å². The molecule has 146 valence electrons. The lowest BCUT2D eigenvalue weighted by Crippen LogP contribution is -2.33. The molecule has 0 spiro atoms. The third-order valence-electron chi connectivity index (χ3n) is 6.14. The zero-order chi connectivity index (χ0) is 20.1. The summed E-state index contributed by atoms with van der Waals surface area (Å²) < 4.78 is 6.45. The molecule has 6 rings (SSSR count). The molecule has 2 aliphatic heterocycles. The molecule has 0 amide bonds. The first-order valence-corrected chi connectivity index (χ1v) is 10.4. The van der Waals surface area contributed by atoms with Crippen molar-refractivity contribution < 1.29 is 4.74 Å². The molecule has 0 N–H and O–H groups in total. The average molecular weight is 390 g/mol. The van der Waals surface area contributed by atoms with Gasteiger partial charge in [-0.1, -0.05) is 84.4 Å². The maximum atomic E-state index is 6.45. The van der Waals surface area contributed by atoms with Crippen LogP contribution in [0.25, 0.3) is 10.8 Å². The summed E-state index contributed by atoms with van der Waals surface area (Å²) >= 11 is 0. The summed E-state index contributed by atoms with van der Waals surface area (Å²) in [6, 6.07) is 32.2. The number of benzene rings is 4. The SMILES string of the molecule is Cc1ccc([C@H]2Oc3ccccc3[C@H]3CC(c4ccc5ccccc5c4)=NN32)cc1. The minimum atomic E-state index is -0.219. The molecule has 30 heavy (non-hydrogen) atoms. The van der Waals surface area contributed by atoms with Crippen LogP contribution in [0.5, 0.6) is 5.75 Å². The highest BCUT2D eigenvalue weighted by molar-refractivity contribution is 6.04. The lowest BCUT2D eigenvalue weighted by atomic mass is 9.95. The van der Waals surface area contributed by atoms with Crippen LogP contribution < -0.4 is 4.74 Å². The Morgan fingerprint density at radius 1 is 0.833 bits per heavy atom. The molecule has 0 aromatic heterocycles. The number of fused-ring (bicyclic) bond motifs is 4. The molecule has 0 aliphatic carbocycles. The number of aryl methyl sites for hydroxylation is 1. The lowest BCUT2D eigenvalue weighted by Gasteiger charge is -2.38. The van der Waals surface area contributed by atoms with E-state index in [1.807, 2.05) is 6.07 Å². The van der Waals surface area contributed by atoms with Gasteiger partial charge < -0.3 is 4.74 Å². The Balaban J connectivity index is 1.44. The van der Waals surface area contributed by atoms with Crippen LogP contribution in [0.15, 0.2) is 96.1 Å². The molecule has 0 radical (unpaired) electrons. The average Bonchev–Trinajstić information content (AvgIpc) is 3.25. The monoisotopic (exact) mass is 390 g/mol. The number of hydrogen-bond acceptors (Lipinski definition) is 3. The molecule has 4 aromatic carbocycles. The first kappa shape index (κ1) is 17.3. The first-order chi connectivity index (χ1) is 14.8. The highest BCUT2D eigenvalue weighted by atomic mass is 16.5. The molecule has 0 fully saturated rings. The number of nitrogens with zero attached hydrogens (tertiary/aromatic N) is 2. The normalized spacial score (nSPS) is 19.8. The van der Waals surface area contributed by atoms with E-state index in [0.717, 1.165) is 23.4 Å². The Morgan fingerprint density at radius 2 is 1.60 bits per heavy atom. The minimum absolute atomic E-state index is 0.183. The van der Waals surface area contributed by atoms with Crippen molar-refractivity contribution in [1.82, 2.24) is 5.01 Å². The summed E-state index contributed by atoms with van der Waals surface area (Å²) in [5.41, 5.74) is 5.88. The van der Waals surface area contributed by atoms with Gasteiger partial charge in [0, 0.05) is 17.5 Å². The lowest BCUT2D eigenvalue weighted by molar-refractivity contribution is -0.0190. The van der Waals surface area contributed by atoms with Gasteiger partial charge in [0.15, 0.2) is 0 Å². The fourth-order valence-corrected chi connectivity index (χ4v) is 4.53. The van der Waals surface area contributed by atoms with Crippen molar-refractivity contribution >= 4 is 16.5 Å². The second-order valence-electron chi connectivity index (χ2n) is 8.13. The number of hydrazone groups is 1. The molecule has 4 aromatic rings. The van der Waals surface area contributed by atoms with Crippen LogP contribution in [0.2, 0.25) is 0 Å². The third kappa shape index (κ3) is 2.78. The molecule has 2 atom stereocenters. The van der Waals surface area contributed by atoms with Crippen LogP contribution in [-0.4, -0.2) is 10.7 Å². The predicted octanol–water partition coefficient (Wildman–Crippen LogP) is 6.39. The summed E-state index contributed by atoms with van der Waals surface area (Å²) in [6.45, 7) is 2.11. The second-order valence-corrected chi connectivity index (χ2v) is 8.13. The van der Waals surface area contributed by atoms with E-state index in [1.165, 1.54) is 27.5 Å². The van der Waals surface area contributed by atoms with Crippen molar-refractivity contribution in [2.45, 2.75) is 25.6 Å². The van der Waals surface area contributed by atoms with E-state index in [2.05, 4.69) is 96.9 Å². The molecule has 0 saturated heterocycles. The predicted molar refractivity (Wildman–Crippen MR) is 121 cm³/mol. The van der Waals surface area contributed by atoms with Crippen molar-refractivity contribution in [2.75, 3.05) is 0 Å². The maximum Gasteiger partial charge on any atom is 0.213 e. The Hall–Kier alpha value is -3.59. The van der Waals surface area contributed by atoms with Gasteiger partial charge in [-0.3, -0.25) is 0 Å². The van der Waals surface area contributed by atoms with Crippen LogP contribution in [0, 0.1) is 6.92 Å². The van der Waals surface area contributed by atoms with E-state index in [4.69, 9.17) is 9.84 Å². The van der Waals surface area contributed by atoms with Crippen LogP contribution in [0.1, 0.15) is 40.9 Å². The van der Waals surface area contributed by atoms with Gasteiger partial charge in [-0.2, -0.15) is 5.10 Å². The Morgan fingerprint density at radius 3 is 2.47 bits per heavy atom. The van der Waals surface area contributed by atoms with Gasteiger partial charge in [0.25, 0.3) is 0 Å². The zero-order valence-corrected chi connectivity index (χ0v) is 16.8. The van der Waals surface area contributed by atoms with Gasteiger partial charge in [-0.05, 0) is 35.4 Å². The van der Waals surface area contributed by atoms with Gasteiger partial charge in [-0.25, -0.2) is 5.01 Å². The molecule has 2 aliphatic rings. The zero-order valence-electron chi connectivity index (χ0n) is 16.8. The van der Waals surface area contributed by atoms with E-state index in [0.29, 0.717) is 0 Å². The molecule has 3 nitrogen and oxygen atoms in total. The standard InChI is InChI=1S/C27H22N2O/c1-18-10-12-20(13-11-18)27-29-25(23-8-4-5-9-26(23)30-27)17-24(28-29)22-15-14-19-6-2-3-7-21(19)16-22/h2-16,25,27H,17H2,1H3/t25-,27-/m1/s1. The smallest absolute Gasteiger partial charge is 0.213 e. The Bertz CT molecular complexity index is 1280. The van der Waals surface area contributed by atoms with Gasteiger partial charge >= 0.3 is 0 Å². The molecular formula is C27H22N2O. The summed E-state index contributed by atoms with van der Waals surface area (Å²) in [4.78, 5) is 0. The summed E-state index contributed by atoms with van der Waals surface area (Å²) in [6.07, 6.45) is 0.657. The molecule has 3 heteroatoms. The molecule has 0 unspecified atom stereocenters. The van der Waals surface area contributed by atoms with Gasteiger partial charge in [0.1, 0.15) is 5.75 Å². The summed E-state index contributed by atoms with van der Waals surface area (Å²) in [7, 11) is 0. The first-order valence-electron chi connectivity index (χ1n) is 10.4. The van der Waals surface area contributed by atoms with Gasteiger partial charge in [0.2, 0.25) is 6.23 Å². The molecule has 0 bridgehead atoms. The topological polar surface area (TPSA) is 24.8 Å². The van der Waals surface area contributed by atoms with E-state index in [1.54, 1.807) is 0 Å². The van der Waals surface area contributed by atoms with Crippen molar-refractivity contribution in [3.8, 4) is 5.75 Å². The fraction of sp³-hybridized carbons (Fsp3) is 0.148. The van der Waals surface area contributed by atoms with Crippen molar-refractivity contribution in [3.05, 3.63) is 113 Å². The van der Waals surface area contributed by atoms with Crippen molar-refractivity contribution in [2.24, 2.45) is 5.10 Å². The maximum absolute atomic E-state index is 6.45. The minimum Gasteiger partial charge on any atom is -0.464 e. The summed E-state index contributed by atoms with van der Waals surface area (Å²) in [5, 5.41) is 9.74.